The van der Waals surface area contributed by atoms with Crippen LogP contribution in [-0.4, -0.2) is 0 Å². The van der Waals surface area contributed by atoms with Crippen LogP contribution in [0, 0.1) is 0 Å². The lowest BCUT2D eigenvalue weighted by Gasteiger charge is -2.33. The molecule has 0 radical (unpaired) electrons. The second-order valence-electron chi connectivity index (χ2n) is 18.8. The SMILES string of the molecule is C=C/C=C\C=C(/c1ccccc1)N(c1ccc2c(c1)C(C)(C)c1ccccc1-2)c1ccc2c(c1)C1(c3ccccc3-c3ccc(N(c4ccccc4)c4ccccc4)cc31)c1oc3ccccc3c1-2. The highest BCUT2D eigenvalue weighted by Crippen LogP contribution is 2.66. The van der Waals surface area contributed by atoms with Crippen LogP contribution in [0.25, 0.3) is 50.0 Å². The summed E-state index contributed by atoms with van der Waals surface area (Å²) in [5, 5.41) is 1.12. The molecule has 1 heterocycles. The van der Waals surface area contributed by atoms with Gasteiger partial charge in [0.2, 0.25) is 0 Å². The lowest BCUT2D eigenvalue weighted by molar-refractivity contribution is 0.507. The number of hydrogen-bond acceptors (Lipinski definition) is 3. The summed E-state index contributed by atoms with van der Waals surface area (Å²) in [5.74, 6) is 0.960. The molecule has 0 saturated carbocycles. The monoisotopic (exact) mass is 884 g/mol. The molecular formula is C66H48N2O. The van der Waals surface area contributed by atoms with Gasteiger partial charge in [-0.1, -0.05) is 190 Å². The van der Waals surface area contributed by atoms with Gasteiger partial charge in [0.05, 0.1) is 5.70 Å². The van der Waals surface area contributed by atoms with Crippen molar-refractivity contribution in [2.45, 2.75) is 24.7 Å². The summed E-state index contributed by atoms with van der Waals surface area (Å²) in [6.07, 6.45) is 8.16. The largest absolute Gasteiger partial charge is 0.459 e. The van der Waals surface area contributed by atoms with E-state index < -0.39 is 5.41 Å². The number of nitrogens with zero attached hydrogens (tertiary/aromatic N) is 2. The van der Waals surface area contributed by atoms with Gasteiger partial charge in [-0.2, -0.15) is 0 Å². The van der Waals surface area contributed by atoms with Crippen LogP contribution in [0.15, 0.2) is 254 Å². The molecule has 0 bridgehead atoms. The molecule has 3 aliphatic rings. The van der Waals surface area contributed by atoms with Gasteiger partial charge in [0, 0.05) is 44.8 Å². The van der Waals surface area contributed by atoms with E-state index in [9.17, 15) is 0 Å². The molecule has 1 spiro atoms. The van der Waals surface area contributed by atoms with Crippen LogP contribution in [0.5, 0.6) is 0 Å². The first-order chi connectivity index (χ1) is 34.0. The Bertz CT molecular complexity index is 3690. The van der Waals surface area contributed by atoms with Crippen molar-refractivity contribution in [3.63, 3.8) is 0 Å². The highest BCUT2D eigenvalue weighted by Gasteiger charge is 2.55. The van der Waals surface area contributed by atoms with E-state index >= 15 is 0 Å². The second kappa shape index (κ2) is 15.7. The van der Waals surface area contributed by atoms with Gasteiger partial charge in [0.25, 0.3) is 0 Å². The zero-order valence-electron chi connectivity index (χ0n) is 38.6. The van der Waals surface area contributed by atoms with E-state index in [-0.39, 0.29) is 5.41 Å². The molecule has 3 aliphatic carbocycles. The van der Waals surface area contributed by atoms with Crippen LogP contribution < -0.4 is 9.80 Å². The highest BCUT2D eigenvalue weighted by molar-refractivity contribution is 6.06. The molecule has 0 aliphatic heterocycles. The molecule has 0 fully saturated rings. The Morgan fingerprint density at radius 3 is 1.65 bits per heavy atom. The van der Waals surface area contributed by atoms with Crippen LogP contribution in [-0.2, 0) is 10.8 Å². The van der Waals surface area contributed by atoms with Crippen LogP contribution in [0.4, 0.5) is 28.4 Å². The molecule has 0 amide bonds. The number of fused-ring (bicyclic) bond motifs is 15. The number of para-hydroxylation sites is 3. The normalized spacial score (nSPS) is 15.7. The van der Waals surface area contributed by atoms with Gasteiger partial charge >= 0.3 is 0 Å². The van der Waals surface area contributed by atoms with Gasteiger partial charge in [-0.3, -0.25) is 0 Å². The summed E-state index contributed by atoms with van der Waals surface area (Å²) >= 11 is 0. The molecule has 10 aromatic rings. The molecule has 0 saturated heterocycles. The predicted octanol–water partition coefficient (Wildman–Crippen LogP) is 17.5. The molecule has 3 heteroatoms. The first-order valence-electron chi connectivity index (χ1n) is 23.9. The molecule has 13 rings (SSSR count). The van der Waals surface area contributed by atoms with Crippen molar-refractivity contribution in [2.75, 3.05) is 9.80 Å². The quantitative estimate of drug-likeness (QED) is 0.135. The minimum absolute atomic E-state index is 0.188. The van der Waals surface area contributed by atoms with E-state index in [0.717, 1.165) is 62.0 Å². The van der Waals surface area contributed by atoms with Crippen LogP contribution >= 0.6 is 0 Å². The fourth-order valence-electron chi connectivity index (χ4n) is 11.8. The molecule has 69 heavy (non-hydrogen) atoms. The van der Waals surface area contributed by atoms with Gasteiger partial charge in [-0.05, 0) is 134 Å². The molecule has 3 nitrogen and oxygen atoms in total. The number of hydrogen-bond donors (Lipinski definition) is 0. The van der Waals surface area contributed by atoms with E-state index in [4.69, 9.17) is 4.42 Å². The lowest BCUT2D eigenvalue weighted by atomic mass is 9.73. The smallest absolute Gasteiger partial charge is 0.135 e. The van der Waals surface area contributed by atoms with Crippen molar-refractivity contribution in [1.29, 1.82) is 0 Å². The Labute approximate surface area is 403 Å². The van der Waals surface area contributed by atoms with Gasteiger partial charge in [-0.25, -0.2) is 0 Å². The zero-order valence-corrected chi connectivity index (χ0v) is 38.6. The Balaban J connectivity index is 1.10. The fraction of sp³-hybridized carbons (Fsp3) is 0.0606. The summed E-state index contributed by atoms with van der Waals surface area (Å²) in [6.45, 7) is 8.74. The molecule has 0 N–H and O–H groups in total. The zero-order chi connectivity index (χ0) is 46.3. The summed E-state index contributed by atoms with van der Waals surface area (Å²) < 4.78 is 7.33. The molecule has 1 atom stereocenters. The Hall–Kier alpha value is -8.66. The third-order valence-electron chi connectivity index (χ3n) is 14.8. The minimum Gasteiger partial charge on any atom is -0.459 e. The minimum atomic E-state index is -0.784. The van der Waals surface area contributed by atoms with Gasteiger partial charge in [0.1, 0.15) is 16.8 Å². The van der Waals surface area contributed by atoms with Crippen LogP contribution in [0.2, 0.25) is 0 Å². The van der Waals surface area contributed by atoms with Crippen LogP contribution in [0.3, 0.4) is 0 Å². The van der Waals surface area contributed by atoms with Gasteiger partial charge in [-0.15, -0.1) is 0 Å². The van der Waals surface area contributed by atoms with E-state index in [0.29, 0.717) is 0 Å². The van der Waals surface area contributed by atoms with Gasteiger partial charge < -0.3 is 14.2 Å². The first kappa shape index (κ1) is 40.6. The number of allylic oxidation sites excluding steroid dienone is 4. The van der Waals surface area contributed by atoms with E-state index in [1.165, 1.54) is 55.6 Å². The number of furan rings is 1. The van der Waals surface area contributed by atoms with Crippen molar-refractivity contribution in [2.24, 2.45) is 0 Å². The molecular weight excluding hydrogens is 837 g/mol. The molecule has 1 aromatic heterocycles. The standard InChI is InChI=1S/C66H48N2O/c1-4-5-9-33-61(44-22-10-6-11-23-44)68(48-36-38-52-50-28-16-19-31-56(50)65(2,3)58(52)41-48)49-37-40-54-60(43-49)66(64-63(54)55-30-18-21-34-62(55)69-64)57-32-20-17-29-51(57)53-39-35-47(42-59(53)66)67(45-24-12-7-13-25-45)46-26-14-8-15-27-46/h4-43H,1H2,2-3H3/b9-5-,61-33+. The summed E-state index contributed by atoms with van der Waals surface area (Å²) in [4.78, 5) is 4.82. The number of benzene rings is 9. The van der Waals surface area contributed by atoms with E-state index in [2.05, 4.69) is 261 Å². The Kier molecular flexibility index (Phi) is 9.25. The van der Waals surface area contributed by atoms with Crippen molar-refractivity contribution < 1.29 is 4.42 Å². The average Bonchev–Trinajstić information content (AvgIpc) is 4.08. The summed E-state index contributed by atoms with van der Waals surface area (Å²) in [6, 6.07) is 79.8. The highest BCUT2D eigenvalue weighted by atomic mass is 16.3. The van der Waals surface area contributed by atoms with E-state index in [1.54, 1.807) is 0 Å². The third-order valence-corrected chi connectivity index (χ3v) is 14.8. The molecule has 328 valence electrons. The molecule has 9 aromatic carbocycles. The van der Waals surface area contributed by atoms with Crippen molar-refractivity contribution in [3.8, 4) is 33.4 Å². The maximum absolute atomic E-state index is 7.33. The average molecular weight is 885 g/mol. The first-order valence-corrected chi connectivity index (χ1v) is 23.9. The maximum atomic E-state index is 7.33. The summed E-state index contributed by atoms with van der Waals surface area (Å²) in [5.41, 5.74) is 21.1. The van der Waals surface area contributed by atoms with Crippen molar-refractivity contribution >= 4 is 45.1 Å². The Morgan fingerprint density at radius 1 is 0.449 bits per heavy atom. The summed E-state index contributed by atoms with van der Waals surface area (Å²) in [7, 11) is 0. The van der Waals surface area contributed by atoms with Gasteiger partial charge in [0.15, 0.2) is 0 Å². The second-order valence-corrected chi connectivity index (χ2v) is 18.8. The number of rotatable bonds is 9. The lowest BCUT2D eigenvalue weighted by Crippen LogP contribution is -2.26. The number of anilines is 5. The third kappa shape index (κ3) is 6.00. The predicted molar refractivity (Wildman–Crippen MR) is 287 cm³/mol. The molecule has 1 unspecified atom stereocenters. The Morgan fingerprint density at radius 2 is 0.957 bits per heavy atom. The van der Waals surface area contributed by atoms with Crippen molar-refractivity contribution in [3.05, 3.63) is 288 Å². The van der Waals surface area contributed by atoms with Crippen LogP contribution in [0.1, 0.15) is 53.0 Å². The topological polar surface area (TPSA) is 19.6 Å². The maximum Gasteiger partial charge on any atom is 0.135 e. The van der Waals surface area contributed by atoms with Crippen molar-refractivity contribution in [1.82, 2.24) is 0 Å². The fourth-order valence-corrected chi connectivity index (χ4v) is 11.8. The van der Waals surface area contributed by atoms with E-state index in [1.807, 2.05) is 12.2 Å².